The lowest BCUT2D eigenvalue weighted by Gasteiger charge is -2.26. The highest BCUT2D eigenvalue weighted by Crippen LogP contribution is 2.35. The van der Waals surface area contributed by atoms with Crippen molar-refractivity contribution in [1.82, 2.24) is 10.2 Å². The quantitative estimate of drug-likeness (QED) is 0.663. The van der Waals surface area contributed by atoms with E-state index in [1.165, 1.54) is 38.5 Å². The van der Waals surface area contributed by atoms with Crippen LogP contribution in [-0.4, -0.2) is 43.1 Å². The molecule has 1 saturated carbocycles. The molecule has 1 atom stereocenters. The van der Waals surface area contributed by atoms with Gasteiger partial charge >= 0.3 is 0 Å². The lowest BCUT2D eigenvalue weighted by Crippen LogP contribution is -2.39. The van der Waals surface area contributed by atoms with Crippen molar-refractivity contribution in [2.45, 2.75) is 57.0 Å². The van der Waals surface area contributed by atoms with Gasteiger partial charge in [-0.15, -0.1) is 0 Å². The predicted molar refractivity (Wildman–Crippen MR) is 117 cm³/mol. The number of benzene rings is 2. The van der Waals surface area contributed by atoms with Crippen LogP contribution >= 0.6 is 15.9 Å². The van der Waals surface area contributed by atoms with Gasteiger partial charge in [0.2, 0.25) is 0 Å². The number of likely N-dealkylation sites (tertiary alicyclic amines) is 1. The normalized spacial score (nSPS) is 21.6. The van der Waals surface area contributed by atoms with Crippen LogP contribution in [0.5, 0.6) is 5.75 Å². The van der Waals surface area contributed by atoms with Gasteiger partial charge in [-0.05, 0) is 30.7 Å². The number of hydrogen-bond acceptors (Lipinski definition) is 3. The molecule has 1 amide bonds. The summed E-state index contributed by atoms with van der Waals surface area (Å²) in [6, 6.07) is 10.8. The molecule has 0 radical (unpaired) electrons. The summed E-state index contributed by atoms with van der Waals surface area (Å²) in [7, 11) is 1.63. The fourth-order valence-electron chi connectivity index (χ4n) is 4.82. The standard InChI is InChI=1S/C23H29BrN2O2/c1-28-22-19-11-7-6-10-18(19)21(24)14-20(22)23(27)25-16-12-13-26(15-16)17-8-4-2-3-5-9-17/h6-7,10-11,14,16-17H,2-5,8-9,12-13,15H2,1H3,(H,25,27)/t16-/m0/s1. The second kappa shape index (κ2) is 8.83. The van der Waals surface area contributed by atoms with E-state index in [4.69, 9.17) is 4.74 Å². The van der Waals surface area contributed by atoms with E-state index in [9.17, 15) is 4.79 Å². The van der Waals surface area contributed by atoms with E-state index in [-0.39, 0.29) is 11.9 Å². The average Bonchev–Trinajstić information content (AvgIpc) is 3.00. The molecule has 1 aliphatic carbocycles. The lowest BCUT2D eigenvalue weighted by molar-refractivity contribution is 0.0932. The molecule has 2 aromatic rings. The summed E-state index contributed by atoms with van der Waals surface area (Å²) in [5.74, 6) is 0.603. The first kappa shape index (κ1) is 19.7. The van der Waals surface area contributed by atoms with Gasteiger partial charge in [0.1, 0.15) is 5.75 Å². The third-order valence-corrected chi connectivity index (χ3v) is 6.95. The largest absolute Gasteiger partial charge is 0.495 e. The van der Waals surface area contributed by atoms with Crippen LogP contribution in [0.25, 0.3) is 10.8 Å². The molecule has 0 unspecified atom stereocenters. The van der Waals surface area contributed by atoms with Crippen molar-refractivity contribution in [3.63, 3.8) is 0 Å². The zero-order chi connectivity index (χ0) is 19.5. The molecule has 2 aliphatic rings. The molecular weight excluding hydrogens is 416 g/mol. The number of methoxy groups -OCH3 is 1. The third kappa shape index (κ3) is 4.06. The Labute approximate surface area is 175 Å². The molecule has 2 aromatic carbocycles. The molecule has 0 bridgehead atoms. The number of nitrogens with zero attached hydrogens (tertiary/aromatic N) is 1. The maximum absolute atomic E-state index is 13.1. The Morgan fingerprint density at radius 1 is 1.11 bits per heavy atom. The molecule has 150 valence electrons. The van der Waals surface area contributed by atoms with E-state index >= 15 is 0 Å². The number of nitrogens with one attached hydrogen (secondary N) is 1. The van der Waals surface area contributed by atoms with Crippen LogP contribution in [-0.2, 0) is 0 Å². The average molecular weight is 445 g/mol. The highest BCUT2D eigenvalue weighted by atomic mass is 79.9. The molecule has 1 N–H and O–H groups in total. The van der Waals surface area contributed by atoms with Gasteiger partial charge in [-0.2, -0.15) is 0 Å². The van der Waals surface area contributed by atoms with Crippen LogP contribution in [0, 0.1) is 0 Å². The van der Waals surface area contributed by atoms with Gasteiger partial charge in [-0.3, -0.25) is 9.69 Å². The van der Waals surface area contributed by atoms with Gasteiger partial charge in [-0.25, -0.2) is 0 Å². The molecular formula is C23H29BrN2O2. The summed E-state index contributed by atoms with van der Waals surface area (Å²) in [6.45, 7) is 2.06. The van der Waals surface area contributed by atoms with Gasteiger partial charge in [0.05, 0.1) is 12.7 Å². The summed E-state index contributed by atoms with van der Waals surface area (Å²) in [5, 5.41) is 5.27. The summed E-state index contributed by atoms with van der Waals surface area (Å²) in [4.78, 5) is 15.7. The first-order chi connectivity index (χ1) is 13.7. The highest BCUT2D eigenvalue weighted by molar-refractivity contribution is 9.10. The van der Waals surface area contributed by atoms with E-state index in [1.54, 1.807) is 7.11 Å². The molecule has 2 fully saturated rings. The second-order valence-electron chi connectivity index (χ2n) is 8.08. The van der Waals surface area contributed by atoms with Crippen molar-refractivity contribution < 1.29 is 9.53 Å². The number of fused-ring (bicyclic) bond motifs is 1. The van der Waals surface area contributed by atoms with Crippen molar-refractivity contribution in [3.8, 4) is 5.75 Å². The third-order valence-electron chi connectivity index (χ3n) is 6.29. The maximum atomic E-state index is 13.1. The van der Waals surface area contributed by atoms with Crippen LogP contribution in [0.4, 0.5) is 0 Å². The van der Waals surface area contributed by atoms with Gasteiger partial charge in [0.25, 0.3) is 5.91 Å². The zero-order valence-corrected chi connectivity index (χ0v) is 18.1. The number of halogens is 1. The van der Waals surface area contributed by atoms with Crippen LogP contribution in [0.15, 0.2) is 34.8 Å². The minimum absolute atomic E-state index is 0.0454. The SMILES string of the molecule is COc1c(C(=O)N[C@H]2CCN(C3CCCCCC3)C2)cc(Br)c2ccccc12. The summed E-state index contributed by atoms with van der Waals surface area (Å²) in [6.07, 6.45) is 9.10. The second-order valence-corrected chi connectivity index (χ2v) is 8.94. The van der Waals surface area contributed by atoms with Crippen LogP contribution in [0.3, 0.4) is 0 Å². The van der Waals surface area contributed by atoms with Crippen LogP contribution in [0.2, 0.25) is 0 Å². The Hall–Kier alpha value is -1.59. The van der Waals surface area contributed by atoms with Crippen LogP contribution in [0.1, 0.15) is 55.3 Å². The molecule has 0 aromatic heterocycles. The van der Waals surface area contributed by atoms with Crippen molar-refractivity contribution >= 4 is 32.6 Å². The molecule has 4 nitrogen and oxygen atoms in total. The number of rotatable bonds is 4. The summed E-state index contributed by atoms with van der Waals surface area (Å²) < 4.78 is 6.55. The van der Waals surface area contributed by atoms with Gasteiger partial charge in [0.15, 0.2) is 0 Å². The molecule has 1 saturated heterocycles. The van der Waals surface area contributed by atoms with Gasteiger partial charge in [0, 0.05) is 35.0 Å². The number of carbonyl (C=O) groups excluding carboxylic acids is 1. The molecule has 0 spiro atoms. The fraction of sp³-hybridized carbons (Fsp3) is 0.522. The minimum Gasteiger partial charge on any atom is -0.495 e. The van der Waals surface area contributed by atoms with E-state index in [1.807, 2.05) is 30.3 Å². The van der Waals surface area contributed by atoms with Gasteiger partial charge < -0.3 is 10.1 Å². The van der Waals surface area contributed by atoms with E-state index < -0.39 is 0 Å². The van der Waals surface area contributed by atoms with Crippen molar-refractivity contribution in [2.75, 3.05) is 20.2 Å². The van der Waals surface area contributed by atoms with Gasteiger partial charge in [-0.1, -0.05) is 65.9 Å². The maximum Gasteiger partial charge on any atom is 0.255 e. The first-order valence-corrected chi connectivity index (χ1v) is 11.3. The van der Waals surface area contributed by atoms with E-state index in [0.29, 0.717) is 17.4 Å². The Bertz CT molecular complexity index is 846. The lowest BCUT2D eigenvalue weighted by atomic mass is 10.0. The monoisotopic (exact) mass is 444 g/mol. The molecule has 1 heterocycles. The van der Waals surface area contributed by atoms with Crippen LogP contribution < -0.4 is 10.1 Å². The predicted octanol–water partition coefficient (Wildman–Crippen LogP) is 5.14. The van der Waals surface area contributed by atoms with Crippen molar-refractivity contribution in [1.29, 1.82) is 0 Å². The van der Waals surface area contributed by atoms with Crippen molar-refractivity contribution in [2.24, 2.45) is 0 Å². The minimum atomic E-state index is -0.0454. The Kier molecular flexibility index (Phi) is 6.22. The summed E-state index contributed by atoms with van der Waals surface area (Å²) >= 11 is 3.62. The Morgan fingerprint density at radius 3 is 2.54 bits per heavy atom. The highest BCUT2D eigenvalue weighted by Gasteiger charge is 2.30. The smallest absolute Gasteiger partial charge is 0.255 e. The molecule has 5 heteroatoms. The summed E-state index contributed by atoms with van der Waals surface area (Å²) in [5.41, 5.74) is 0.598. The number of ether oxygens (including phenoxy) is 1. The first-order valence-electron chi connectivity index (χ1n) is 10.5. The number of hydrogen-bond donors (Lipinski definition) is 1. The molecule has 4 rings (SSSR count). The number of carbonyl (C=O) groups is 1. The van der Waals surface area contributed by atoms with E-state index in [0.717, 1.165) is 34.8 Å². The fourth-order valence-corrected chi connectivity index (χ4v) is 5.39. The van der Waals surface area contributed by atoms with E-state index in [2.05, 4.69) is 26.1 Å². The zero-order valence-electron chi connectivity index (χ0n) is 16.5. The topological polar surface area (TPSA) is 41.6 Å². The Balaban J connectivity index is 1.48. The van der Waals surface area contributed by atoms with Crippen molar-refractivity contribution in [3.05, 3.63) is 40.4 Å². The Morgan fingerprint density at radius 2 is 1.82 bits per heavy atom. The molecule has 1 aliphatic heterocycles. The number of amides is 1. The molecule has 28 heavy (non-hydrogen) atoms.